The Morgan fingerprint density at radius 1 is 1.26 bits per heavy atom. The summed E-state index contributed by atoms with van der Waals surface area (Å²) in [5, 5.41) is 4.28. The first-order valence-electron chi connectivity index (χ1n) is 6.94. The molecule has 0 heterocycles. The van der Waals surface area contributed by atoms with Crippen LogP contribution in [0.25, 0.3) is 0 Å². The van der Waals surface area contributed by atoms with Crippen LogP contribution in [0.2, 0.25) is 5.02 Å². The highest BCUT2D eigenvalue weighted by Gasteiger charge is 2.22. The van der Waals surface area contributed by atoms with Gasteiger partial charge in [-0.25, -0.2) is 0 Å². The van der Waals surface area contributed by atoms with Crippen LogP contribution in [0.4, 0.5) is 0 Å². The molecule has 0 fully saturated rings. The normalized spacial score (nSPS) is 13.8. The quantitative estimate of drug-likeness (QED) is 0.854. The van der Waals surface area contributed by atoms with E-state index in [0.29, 0.717) is 11.5 Å². The standard InChI is InChI=1S/C16H27ClN2/c1-16(2,3)15(18-4)10-11-19(5)12-13-8-6-7-9-14(13)17/h6-9,15,18H,10-12H2,1-5H3. The summed E-state index contributed by atoms with van der Waals surface area (Å²) in [4.78, 5) is 2.33. The van der Waals surface area contributed by atoms with Crippen LogP contribution in [0.3, 0.4) is 0 Å². The third-order valence-corrected chi connectivity index (χ3v) is 3.96. The molecule has 1 atom stereocenters. The maximum atomic E-state index is 6.19. The Balaban J connectivity index is 2.48. The molecular weight excluding hydrogens is 256 g/mol. The number of halogens is 1. The Labute approximate surface area is 123 Å². The summed E-state index contributed by atoms with van der Waals surface area (Å²) in [5.41, 5.74) is 1.49. The lowest BCUT2D eigenvalue weighted by Gasteiger charge is -2.32. The lowest BCUT2D eigenvalue weighted by Crippen LogP contribution is -2.40. The molecular formula is C16H27ClN2. The zero-order valence-electron chi connectivity index (χ0n) is 12.8. The lowest BCUT2D eigenvalue weighted by molar-refractivity contribution is 0.227. The van der Waals surface area contributed by atoms with Crippen molar-refractivity contribution in [2.24, 2.45) is 5.41 Å². The van der Waals surface area contributed by atoms with E-state index in [0.717, 1.165) is 24.5 Å². The minimum Gasteiger partial charge on any atom is -0.316 e. The van der Waals surface area contributed by atoms with E-state index in [4.69, 9.17) is 11.6 Å². The van der Waals surface area contributed by atoms with Gasteiger partial charge in [0.15, 0.2) is 0 Å². The number of benzene rings is 1. The molecule has 0 aliphatic carbocycles. The minimum absolute atomic E-state index is 0.292. The summed E-state index contributed by atoms with van der Waals surface area (Å²) < 4.78 is 0. The van der Waals surface area contributed by atoms with E-state index in [1.165, 1.54) is 5.56 Å². The second kappa shape index (κ2) is 7.28. The van der Waals surface area contributed by atoms with Crippen LogP contribution in [-0.2, 0) is 6.54 Å². The molecule has 0 aromatic heterocycles. The smallest absolute Gasteiger partial charge is 0.0451 e. The number of nitrogens with one attached hydrogen (secondary N) is 1. The number of hydrogen-bond donors (Lipinski definition) is 1. The minimum atomic E-state index is 0.292. The molecule has 0 amide bonds. The number of hydrogen-bond acceptors (Lipinski definition) is 2. The molecule has 3 heteroatoms. The molecule has 108 valence electrons. The molecule has 0 aliphatic rings. The van der Waals surface area contributed by atoms with Crippen LogP contribution < -0.4 is 5.32 Å². The second-order valence-electron chi connectivity index (χ2n) is 6.33. The number of rotatable bonds is 6. The molecule has 0 saturated carbocycles. The van der Waals surface area contributed by atoms with Gasteiger partial charge in [0.05, 0.1) is 0 Å². The summed E-state index contributed by atoms with van der Waals surface area (Å²) in [6.07, 6.45) is 1.14. The average Bonchev–Trinajstić information content (AvgIpc) is 2.31. The highest BCUT2D eigenvalue weighted by atomic mass is 35.5. The average molecular weight is 283 g/mol. The molecule has 2 nitrogen and oxygen atoms in total. The molecule has 1 N–H and O–H groups in total. The van der Waals surface area contributed by atoms with Crippen LogP contribution in [0.15, 0.2) is 24.3 Å². The highest BCUT2D eigenvalue weighted by Crippen LogP contribution is 2.22. The molecule has 1 rings (SSSR count). The second-order valence-corrected chi connectivity index (χ2v) is 6.73. The van der Waals surface area contributed by atoms with Gasteiger partial charge in [-0.3, -0.25) is 0 Å². The van der Waals surface area contributed by atoms with Crippen molar-refractivity contribution in [3.05, 3.63) is 34.9 Å². The fourth-order valence-electron chi connectivity index (χ4n) is 2.36. The van der Waals surface area contributed by atoms with Gasteiger partial charge >= 0.3 is 0 Å². The van der Waals surface area contributed by atoms with Crippen LogP contribution in [0.1, 0.15) is 32.8 Å². The van der Waals surface area contributed by atoms with E-state index >= 15 is 0 Å². The van der Waals surface area contributed by atoms with Crippen molar-refractivity contribution in [2.75, 3.05) is 20.6 Å². The molecule has 0 saturated heterocycles. The van der Waals surface area contributed by atoms with Gasteiger partial charge in [0.1, 0.15) is 0 Å². The molecule has 1 unspecified atom stereocenters. The van der Waals surface area contributed by atoms with Gasteiger partial charge in [0.25, 0.3) is 0 Å². The van der Waals surface area contributed by atoms with Crippen molar-refractivity contribution in [2.45, 2.75) is 39.8 Å². The monoisotopic (exact) mass is 282 g/mol. The van der Waals surface area contributed by atoms with Crippen molar-refractivity contribution in [1.82, 2.24) is 10.2 Å². The largest absolute Gasteiger partial charge is 0.316 e. The summed E-state index contributed by atoms with van der Waals surface area (Å²) in [7, 11) is 4.20. The van der Waals surface area contributed by atoms with Crippen molar-refractivity contribution >= 4 is 11.6 Å². The van der Waals surface area contributed by atoms with Crippen LogP contribution in [0.5, 0.6) is 0 Å². The van der Waals surface area contributed by atoms with Gasteiger partial charge in [-0.1, -0.05) is 50.6 Å². The summed E-state index contributed by atoms with van der Waals surface area (Å²) in [5.74, 6) is 0. The first-order valence-corrected chi connectivity index (χ1v) is 7.31. The molecule has 1 aromatic carbocycles. The molecule has 0 spiro atoms. The van der Waals surface area contributed by atoms with Gasteiger partial charge < -0.3 is 10.2 Å². The van der Waals surface area contributed by atoms with Crippen molar-refractivity contribution in [3.8, 4) is 0 Å². The van der Waals surface area contributed by atoms with Gasteiger partial charge in [0.2, 0.25) is 0 Å². The predicted octanol–water partition coefficient (Wildman–Crippen LogP) is 3.80. The Hall–Kier alpha value is -0.570. The fraction of sp³-hybridized carbons (Fsp3) is 0.625. The van der Waals surface area contributed by atoms with Crippen molar-refractivity contribution in [3.63, 3.8) is 0 Å². The maximum absolute atomic E-state index is 6.19. The lowest BCUT2D eigenvalue weighted by atomic mass is 9.85. The third-order valence-electron chi connectivity index (χ3n) is 3.59. The Bertz CT molecular complexity index is 385. The summed E-state index contributed by atoms with van der Waals surface area (Å²) in [6, 6.07) is 8.60. The van der Waals surface area contributed by atoms with Crippen molar-refractivity contribution in [1.29, 1.82) is 0 Å². The first-order chi connectivity index (χ1) is 8.84. The topological polar surface area (TPSA) is 15.3 Å². The zero-order valence-corrected chi connectivity index (χ0v) is 13.6. The van der Waals surface area contributed by atoms with E-state index in [1.807, 2.05) is 25.2 Å². The fourth-order valence-corrected chi connectivity index (χ4v) is 2.55. The van der Waals surface area contributed by atoms with E-state index < -0.39 is 0 Å². The maximum Gasteiger partial charge on any atom is 0.0451 e. The molecule has 1 aromatic rings. The molecule has 0 radical (unpaired) electrons. The Kier molecular flexibility index (Phi) is 6.31. The van der Waals surface area contributed by atoms with Gasteiger partial charge in [0, 0.05) is 17.6 Å². The van der Waals surface area contributed by atoms with E-state index in [1.54, 1.807) is 0 Å². The van der Waals surface area contributed by atoms with Crippen LogP contribution in [-0.4, -0.2) is 31.6 Å². The predicted molar refractivity (Wildman–Crippen MR) is 84.7 cm³/mol. The molecule has 0 bridgehead atoms. The van der Waals surface area contributed by atoms with Crippen LogP contribution in [0, 0.1) is 5.41 Å². The number of nitrogens with zero attached hydrogens (tertiary/aromatic N) is 1. The van der Waals surface area contributed by atoms with E-state index in [2.05, 4.69) is 44.1 Å². The Morgan fingerprint density at radius 3 is 2.42 bits per heavy atom. The first kappa shape index (κ1) is 16.5. The Morgan fingerprint density at radius 2 is 1.89 bits per heavy atom. The van der Waals surface area contributed by atoms with Gasteiger partial charge in [-0.15, -0.1) is 0 Å². The molecule has 19 heavy (non-hydrogen) atoms. The molecule has 0 aliphatic heterocycles. The summed E-state index contributed by atoms with van der Waals surface area (Å²) in [6.45, 7) is 8.81. The van der Waals surface area contributed by atoms with Gasteiger partial charge in [-0.05, 0) is 44.1 Å². The van der Waals surface area contributed by atoms with Crippen molar-refractivity contribution < 1.29 is 0 Å². The van der Waals surface area contributed by atoms with Gasteiger partial charge in [-0.2, -0.15) is 0 Å². The SMILES string of the molecule is CNC(CCN(C)Cc1ccccc1Cl)C(C)(C)C. The summed E-state index contributed by atoms with van der Waals surface area (Å²) >= 11 is 6.19. The zero-order chi connectivity index (χ0) is 14.5. The van der Waals surface area contributed by atoms with E-state index in [-0.39, 0.29) is 0 Å². The highest BCUT2D eigenvalue weighted by molar-refractivity contribution is 6.31. The van der Waals surface area contributed by atoms with E-state index in [9.17, 15) is 0 Å². The third kappa shape index (κ3) is 5.52. The van der Waals surface area contributed by atoms with Crippen LogP contribution >= 0.6 is 11.6 Å².